The number of aryl methyl sites for hydroxylation is 1. The van der Waals surface area contributed by atoms with Gasteiger partial charge in [0.1, 0.15) is 7.85 Å². The maximum Gasteiger partial charge on any atom is 0.256 e. The minimum absolute atomic E-state index is 0.0949. The lowest BCUT2D eigenvalue weighted by Gasteiger charge is -2.15. The van der Waals surface area contributed by atoms with Crippen LogP contribution in [0.5, 0.6) is 0 Å². The van der Waals surface area contributed by atoms with E-state index in [1.165, 1.54) is 0 Å². The summed E-state index contributed by atoms with van der Waals surface area (Å²) < 4.78 is 1.84. The highest BCUT2D eigenvalue weighted by Crippen LogP contribution is 2.37. The molecule has 0 aliphatic carbocycles. The molecule has 122 valence electrons. The molecule has 1 aliphatic heterocycles. The first-order valence-corrected chi connectivity index (χ1v) is 8.01. The predicted molar refractivity (Wildman–Crippen MR) is 100 cm³/mol. The fourth-order valence-corrected chi connectivity index (χ4v) is 3.46. The average molecular weight is 328 g/mol. The van der Waals surface area contributed by atoms with E-state index in [9.17, 15) is 4.79 Å². The zero-order valence-corrected chi connectivity index (χ0v) is 14.0. The predicted octanol–water partition coefficient (Wildman–Crippen LogP) is 2.46. The Labute approximate surface area is 147 Å². The SMILES string of the molecule is [B]C(=C)CN1Cc2c(-c3ccc4cnn(C)c4c3)ccc(N)c2C1=O. The molecule has 2 N–H and O–H groups in total. The van der Waals surface area contributed by atoms with Gasteiger partial charge in [0.25, 0.3) is 5.91 Å². The molecule has 0 fully saturated rings. The van der Waals surface area contributed by atoms with E-state index in [0.717, 1.165) is 27.6 Å². The van der Waals surface area contributed by atoms with Crippen molar-refractivity contribution in [3.05, 3.63) is 59.7 Å². The molecule has 0 saturated heterocycles. The van der Waals surface area contributed by atoms with E-state index in [1.54, 1.807) is 11.0 Å². The van der Waals surface area contributed by atoms with Crippen molar-refractivity contribution in [3.63, 3.8) is 0 Å². The molecule has 2 radical (unpaired) electrons. The van der Waals surface area contributed by atoms with Crippen LogP contribution < -0.4 is 5.73 Å². The van der Waals surface area contributed by atoms with Gasteiger partial charge in [-0.25, -0.2) is 0 Å². The smallest absolute Gasteiger partial charge is 0.256 e. The molecule has 2 heterocycles. The van der Waals surface area contributed by atoms with Gasteiger partial charge in [0.05, 0.1) is 17.3 Å². The van der Waals surface area contributed by atoms with Crippen molar-refractivity contribution in [3.8, 4) is 11.1 Å². The van der Waals surface area contributed by atoms with Crippen LogP contribution in [0.4, 0.5) is 5.69 Å². The van der Waals surface area contributed by atoms with Gasteiger partial charge in [-0.15, -0.1) is 12.1 Å². The summed E-state index contributed by atoms with van der Waals surface area (Å²) in [4.78, 5) is 14.4. The minimum atomic E-state index is -0.0949. The van der Waals surface area contributed by atoms with Gasteiger partial charge < -0.3 is 10.6 Å². The number of amides is 1. The fourth-order valence-electron chi connectivity index (χ4n) is 3.46. The summed E-state index contributed by atoms with van der Waals surface area (Å²) in [5, 5.41) is 5.36. The first kappa shape index (κ1) is 15.5. The van der Waals surface area contributed by atoms with Crippen molar-refractivity contribution >= 4 is 30.3 Å². The molecule has 0 spiro atoms. The summed E-state index contributed by atoms with van der Waals surface area (Å²) >= 11 is 0. The van der Waals surface area contributed by atoms with E-state index >= 15 is 0 Å². The molecular formula is C19H17BN4O. The maximum absolute atomic E-state index is 12.7. The number of hydrogen-bond donors (Lipinski definition) is 1. The molecule has 2 aromatic carbocycles. The Kier molecular flexibility index (Phi) is 3.42. The summed E-state index contributed by atoms with van der Waals surface area (Å²) in [5.41, 5.74) is 11.6. The molecule has 0 unspecified atom stereocenters. The molecule has 1 aromatic heterocycles. The number of hydrogen-bond acceptors (Lipinski definition) is 3. The second-order valence-corrected chi connectivity index (χ2v) is 6.42. The van der Waals surface area contributed by atoms with Gasteiger partial charge in [0.15, 0.2) is 0 Å². The van der Waals surface area contributed by atoms with Crippen LogP contribution in [0, 0.1) is 0 Å². The minimum Gasteiger partial charge on any atom is -0.398 e. The number of carbonyl (C=O) groups is 1. The zero-order valence-electron chi connectivity index (χ0n) is 14.0. The number of benzene rings is 2. The maximum atomic E-state index is 12.7. The summed E-state index contributed by atoms with van der Waals surface area (Å²) in [6.45, 7) is 4.51. The second kappa shape index (κ2) is 5.51. The molecule has 3 aromatic rings. The number of aromatic nitrogens is 2. The molecule has 4 rings (SSSR count). The van der Waals surface area contributed by atoms with Crippen molar-refractivity contribution in [1.29, 1.82) is 0 Å². The Hall–Kier alpha value is -3.02. The number of nitrogens with zero attached hydrogens (tertiary/aromatic N) is 3. The van der Waals surface area contributed by atoms with Gasteiger partial charge >= 0.3 is 0 Å². The van der Waals surface area contributed by atoms with Crippen molar-refractivity contribution in [2.24, 2.45) is 7.05 Å². The van der Waals surface area contributed by atoms with Crippen molar-refractivity contribution in [2.75, 3.05) is 12.3 Å². The molecule has 6 heteroatoms. The van der Waals surface area contributed by atoms with Gasteiger partial charge in [-0.1, -0.05) is 18.2 Å². The Morgan fingerprint density at radius 2 is 2.16 bits per heavy atom. The van der Waals surface area contributed by atoms with E-state index in [2.05, 4.69) is 17.7 Å². The van der Waals surface area contributed by atoms with Crippen LogP contribution in [0.1, 0.15) is 15.9 Å². The molecule has 0 atom stereocenters. The number of nitrogen functional groups attached to an aromatic ring is 1. The highest BCUT2D eigenvalue weighted by Gasteiger charge is 2.31. The van der Waals surface area contributed by atoms with Gasteiger partial charge in [-0.05, 0) is 28.8 Å². The summed E-state index contributed by atoms with van der Waals surface area (Å²) in [5.74, 6) is -0.0949. The monoisotopic (exact) mass is 328 g/mol. The summed E-state index contributed by atoms with van der Waals surface area (Å²) in [6, 6.07) is 9.94. The normalized spacial score (nSPS) is 13.5. The summed E-state index contributed by atoms with van der Waals surface area (Å²) in [6.07, 6.45) is 1.84. The van der Waals surface area contributed by atoms with Crippen LogP contribution in [0.25, 0.3) is 22.0 Å². The van der Waals surface area contributed by atoms with Gasteiger partial charge in [-0.3, -0.25) is 9.48 Å². The van der Waals surface area contributed by atoms with E-state index in [1.807, 2.05) is 36.1 Å². The first-order chi connectivity index (χ1) is 12.0. The lowest BCUT2D eigenvalue weighted by Crippen LogP contribution is -2.26. The highest BCUT2D eigenvalue weighted by atomic mass is 16.2. The Balaban J connectivity index is 1.86. The average Bonchev–Trinajstić information content (AvgIpc) is 3.09. The van der Waals surface area contributed by atoms with Crippen LogP contribution in [0.2, 0.25) is 0 Å². The van der Waals surface area contributed by atoms with Gasteiger partial charge in [0.2, 0.25) is 0 Å². The number of fused-ring (bicyclic) bond motifs is 2. The number of nitrogens with two attached hydrogens (primary N) is 1. The van der Waals surface area contributed by atoms with Crippen molar-refractivity contribution in [2.45, 2.75) is 6.54 Å². The molecule has 0 saturated carbocycles. The van der Waals surface area contributed by atoms with Gasteiger partial charge in [-0.2, -0.15) is 5.10 Å². The van der Waals surface area contributed by atoms with E-state index in [-0.39, 0.29) is 5.91 Å². The largest absolute Gasteiger partial charge is 0.398 e. The van der Waals surface area contributed by atoms with E-state index in [0.29, 0.717) is 29.8 Å². The molecule has 1 aliphatic rings. The number of rotatable bonds is 3. The number of anilines is 1. The Bertz CT molecular complexity index is 1040. The molecule has 1 amide bonds. The number of carbonyl (C=O) groups excluding carboxylic acids is 1. The summed E-state index contributed by atoms with van der Waals surface area (Å²) in [7, 11) is 7.61. The van der Waals surface area contributed by atoms with E-state index < -0.39 is 0 Å². The van der Waals surface area contributed by atoms with Crippen molar-refractivity contribution in [1.82, 2.24) is 14.7 Å². The molecule has 5 nitrogen and oxygen atoms in total. The molecule has 25 heavy (non-hydrogen) atoms. The Morgan fingerprint density at radius 1 is 1.36 bits per heavy atom. The Morgan fingerprint density at radius 3 is 2.92 bits per heavy atom. The van der Waals surface area contributed by atoms with Crippen LogP contribution in [0.15, 0.2) is 48.6 Å². The van der Waals surface area contributed by atoms with Crippen LogP contribution in [-0.4, -0.2) is 35.0 Å². The second-order valence-electron chi connectivity index (χ2n) is 6.42. The third kappa shape index (κ3) is 2.41. The fraction of sp³-hybridized carbons (Fsp3) is 0.158. The van der Waals surface area contributed by atoms with Crippen LogP contribution in [-0.2, 0) is 13.6 Å². The quantitative estimate of drug-likeness (QED) is 0.593. The van der Waals surface area contributed by atoms with Gasteiger partial charge in [0, 0.05) is 31.2 Å². The first-order valence-electron chi connectivity index (χ1n) is 8.01. The topological polar surface area (TPSA) is 64.2 Å². The third-order valence-corrected chi connectivity index (χ3v) is 4.65. The highest BCUT2D eigenvalue weighted by molar-refractivity contribution is 6.21. The lowest BCUT2D eigenvalue weighted by atomic mass is 9.95. The standard InChI is InChI=1S/C19H17BN4O/c1-11(20)9-24-10-15-14(5-6-16(21)18(15)19(24)25)12-3-4-13-8-22-23(2)17(13)7-12/h3-8H,1,9-10,21H2,2H3. The van der Waals surface area contributed by atoms with E-state index in [4.69, 9.17) is 13.6 Å². The molecular weight excluding hydrogens is 311 g/mol. The van der Waals surface area contributed by atoms with Crippen LogP contribution >= 0.6 is 0 Å². The third-order valence-electron chi connectivity index (χ3n) is 4.65. The van der Waals surface area contributed by atoms with Crippen molar-refractivity contribution < 1.29 is 4.79 Å². The van der Waals surface area contributed by atoms with Crippen LogP contribution in [0.3, 0.4) is 0 Å². The zero-order chi connectivity index (χ0) is 17.7. The lowest BCUT2D eigenvalue weighted by molar-refractivity contribution is 0.0795. The molecule has 0 bridgehead atoms.